The van der Waals surface area contributed by atoms with Crippen molar-refractivity contribution in [3.05, 3.63) is 88.2 Å². The van der Waals surface area contributed by atoms with E-state index in [0.29, 0.717) is 30.2 Å². The van der Waals surface area contributed by atoms with Crippen LogP contribution in [0.4, 0.5) is 22.0 Å². The number of hydrogen-bond acceptors (Lipinski definition) is 6. The molecular weight excluding hydrogens is 597 g/mol. The first-order valence-electron chi connectivity index (χ1n) is 14.3. The predicted octanol–water partition coefficient (Wildman–Crippen LogP) is 6.68. The summed E-state index contributed by atoms with van der Waals surface area (Å²) in [5, 5.41) is 23.6. The number of halogens is 5. The van der Waals surface area contributed by atoms with Gasteiger partial charge in [-0.15, -0.1) is 0 Å². The largest absolute Gasteiger partial charge is 0.494 e. The molecule has 1 unspecified atom stereocenters. The standard InChI is InChI=1S/C33H34F5N3O4/c1-5-18-13-21-14-22(15-26(45-4)28(21)41-30(18)35)31(43)39-17-20(7-6-12-42)25-16-24(32(2,3)44)27(34)29(40-25)19-8-10-23(11-9-19)33(36,37)38/h8-11,13-16,20,42,44H,5-7,12,17H2,1-4H3,(H,39,43). The fourth-order valence-corrected chi connectivity index (χ4v) is 5.03. The van der Waals surface area contributed by atoms with E-state index >= 15 is 4.39 Å². The van der Waals surface area contributed by atoms with Crippen LogP contribution in [0.2, 0.25) is 0 Å². The Balaban J connectivity index is 1.71. The number of alkyl halides is 3. The molecule has 12 heteroatoms. The molecule has 0 saturated carbocycles. The van der Waals surface area contributed by atoms with Gasteiger partial charge in [-0.1, -0.05) is 19.1 Å². The number of aryl methyl sites for hydroxylation is 1. The van der Waals surface area contributed by atoms with Crippen LogP contribution in [0.1, 0.15) is 72.3 Å². The number of ether oxygens (including phenoxy) is 1. The molecule has 0 fully saturated rings. The zero-order valence-corrected chi connectivity index (χ0v) is 25.2. The van der Waals surface area contributed by atoms with E-state index in [-0.39, 0.29) is 52.5 Å². The van der Waals surface area contributed by atoms with Gasteiger partial charge in [0, 0.05) is 52.4 Å². The Morgan fingerprint density at radius 2 is 1.73 bits per heavy atom. The lowest BCUT2D eigenvalue weighted by molar-refractivity contribution is -0.137. The Labute approximate surface area is 257 Å². The molecule has 7 nitrogen and oxygen atoms in total. The van der Waals surface area contributed by atoms with Crippen LogP contribution in [0.25, 0.3) is 22.2 Å². The van der Waals surface area contributed by atoms with Crippen LogP contribution in [0.3, 0.4) is 0 Å². The van der Waals surface area contributed by atoms with E-state index in [1.807, 2.05) is 0 Å². The zero-order chi connectivity index (χ0) is 33.1. The van der Waals surface area contributed by atoms with E-state index in [2.05, 4.69) is 15.3 Å². The highest BCUT2D eigenvalue weighted by molar-refractivity contribution is 6.00. The lowest BCUT2D eigenvalue weighted by Crippen LogP contribution is -2.29. The number of methoxy groups -OCH3 is 1. The SMILES string of the molecule is CCc1cc2cc(C(=O)NCC(CCCO)c3cc(C(C)(C)O)c(F)c(-c4ccc(C(F)(F)F)cc4)n3)cc(OC)c2nc1F. The number of aromatic nitrogens is 2. The second-order valence-corrected chi connectivity index (χ2v) is 11.2. The van der Waals surface area contributed by atoms with Gasteiger partial charge in [-0.3, -0.25) is 4.79 Å². The quantitative estimate of drug-likeness (QED) is 0.126. The van der Waals surface area contributed by atoms with Crippen molar-refractivity contribution in [3.8, 4) is 17.0 Å². The number of amides is 1. The summed E-state index contributed by atoms with van der Waals surface area (Å²) in [7, 11) is 1.38. The molecule has 2 aromatic carbocycles. The van der Waals surface area contributed by atoms with E-state index in [4.69, 9.17) is 4.74 Å². The summed E-state index contributed by atoms with van der Waals surface area (Å²) in [6.45, 7) is 4.32. The predicted molar refractivity (Wildman–Crippen MR) is 159 cm³/mol. The molecule has 4 rings (SSSR count). The van der Waals surface area contributed by atoms with Crippen LogP contribution in [-0.2, 0) is 18.2 Å². The monoisotopic (exact) mass is 631 g/mol. The van der Waals surface area contributed by atoms with Crippen molar-refractivity contribution in [3.63, 3.8) is 0 Å². The zero-order valence-electron chi connectivity index (χ0n) is 25.2. The number of nitrogens with one attached hydrogen (secondary N) is 1. The highest BCUT2D eigenvalue weighted by Crippen LogP contribution is 2.35. The second-order valence-electron chi connectivity index (χ2n) is 11.2. The molecule has 4 aromatic rings. The van der Waals surface area contributed by atoms with Crippen molar-refractivity contribution in [2.24, 2.45) is 0 Å². The van der Waals surface area contributed by atoms with Crippen LogP contribution in [0.5, 0.6) is 5.75 Å². The summed E-state index contributed by atoms with van der Waals surface area (Å²) in [5.74, 6) is -2.40. The third-order valence-electron chi connectivity index (χ3n) is 7.53. The van der Waals surface area contributed by atoms with Gasteiger partial charge in [0.15, 0.2) is 5.82 Å². The molecule has 0 spiro atoms. The first-order valence-corrected chi connectivity index (χ1v) is 14.3. The molecule has 1 amide bonds. The number of carbonyl (C=O) groups is 1. The van der Waals surface area contributed by atoms with Gasteiger partial charge in [0.1, 0.15) is 17.0 Å². The first-order chi connectivity index (χ1) is 21.2. The van der Waals surface area contributed by atoms with Gasteiger partial charge in [-0.2, -0.15) is 17.6 Å². The van der Waals surface area contributed by atoms with Crippen LogP contribution in [-0.4, -0.2) is 46.3 Å². The average molecular weight is 632 g/mol. The van der Waals surface area contributed by atoms with Crippen molar-refractivity contribution >= 4 is 16.8 Å². The number of carbonyl (C=O) groups excluding carboxylic acids is 1. The summed E-state index contributed by atoms with van der Waals surface area (Å²) in [6.07, 6.45) is -3.59. The normalized spacial score (nSPS) is 12.8. The van der Waals surface area contributed by atoms with Crippen molar-refractivity contribution < 1.29 is 41.7 Å². The van der Waals surface area contributed by atoms with Gasteiger partial charge in [0.25, 0.3) is 5.91 Å². The van der Waals surface area contributed by atoms with Crippen LogP contribution in [0, 0.1) is 11.8 Å². The number of fused-ring (bicyclic) bond motifs is 1. The van der Waals surface area contributed by atoms with Crippen LogP contribution in [0.15, 0.2) is 48.5 Å². The Morgan fingerprint density at radius 3 is 2.31 bits per heavy atom. The molecule has 2 heterocycles. The molecule has 240 valence electrons. The number of hydrogen-bond donors (Lipinski definition) is 3. The van der Waals surface area contributed by atoms with Gasteiger partial charge in [-0.05, 0) is 69.5 Å². The highest BCUT2D eigenvalue weighted by atomic mass is 19.4. The number of rotatable bonds is 11. The molecule has 0 saturated heterocycles. The summed E-state index contributed by atoms with van der Waals surface area (Å²) in [4.78, 5) is 21.8. The first kappa shape index (κ1) is 33.7. The molecular formula is C33H34F5N3O4. The third kappa shape index (κ3) is 7.56. The lowest BCUT2D eigenvalue weighted by Gasteiger charge is -2.24. The van der Waals surface area contributed by atoms with E-state index in [0.717, 1.165) is 24.3 Å². The molecule has 0 aliphatic carbocycles. The maximum Gasteiger partial charge on any atom is 0.416 e. The lowest BCUT2D eigenvalue weighted by atomic mass is 9.90. The van der Waals surface area contributed by atoms with E-state index < -0.39 is 40.9 Å². The maximum absolute atomic E-state index is 15.7. The molecule has 0 aliphatic heterocycles. The molecule has 0 bridgehead atoms. The molecule has 1 atom stereocenters. The Hall–Kier alpha value is -4.16. The van der Waals surface area contributed by atoms with E-state index in [1.165, 1.54) is 33.1 Å². The number of nitrogens with zero attached hydrogens (tertiary/aromatic N) is 2. The molecule has 0 aliphatic rings. The second kappa shape index (κ2) is 13.5. The topological polar surface area (TPSA) is 105 Å². The Morgan fingerprint density at radius 1 is 1.04 bits per heavy atom. The molecule has 45 heavy (non-hydrogen) atoms. The van der Waals surface area contributed by atoms with Gasteiger partial charge in [-0.25, -0.2) is 14.4 Å². The van der Waals surface area contributed by atoms with Gasteiger partial charge in [0.2, 0.25) is 5.95 Å². The molecule has 3 N–H and O–H groups in total. The number of benzene rings is 2. The number of aliphatic hydroxyl groups is 2. The minimum Gasteiger partial charge on any atom is -0.494 e. The van der Waals surface area contributed by atoms with Crippen molar-refractivity contribution in [2.75, 3.05) is 20.3 Å². The molecule has 2 aromatic heterocycles. The van der Waals surface area contributed by atoms with E-state index in [1.54, 1.807) is 19.1 Å². The van der Waals surface area contributed by atoms with Crippen molar-refractivity contribution in [1.29, 1.82) is 0 Å². The highest BCUT2D eigenvalue weighted by Gasteiger charge is 2.31. The summed E-state index contributed by atoms with van der Waals surface area (Å²) >= 11 is 0. The van der Waals surface area contributed by atoms with Crippen LogP contribution < -0.4 is 10.1 Å². The number of pyridine rings is 2. The minimum absolute atomic E-state index is 0.0164. The van der Waals surface area contributed by atoms with Crippen LogP contribution >= 0.6 is 0 Å². The fourth-order valence-electron chi connectivity index (χ4n) is 5.03. The molecule has 0 radical (unpaired) electrons. The van der Waals surface area contributed by atoms with Gasteiger partial charge < -0.3 is 20.3 Å². The Bertz CT molecular complexity index is 1690. The Kier molecular flexibility index (Phi) is 10.1. The number of aliphatic hydroxyl groups excluding tert-OH is 1. The third-order valence-corrected chi connectivity index (χ3v) is 7.53. The smallest absolute Gasteiger partial charge is 0.416 e. The fraction of sp³-hybridized carbons (Fsp3) is 0.364. The summed E-state index contributed by atoms with van der Waals surface area (Å²) in [5.41, 5.74) is -1.80. The van der Waals surface area contributed by atoms with Gasteiger partial charge in [0.05, 0.1) is 18.3 Å². The summed E-state index contributed by atoms with van der Waals surface area (Å²) in [6, 6.07) is 9.82. The van der Waals surface area contributed by atoms with Crippen molar-refractivity contribution in [2.45, 2.75) is 57.7 Å². The average Bonchev–Trinajstić information content (AvgIpc) is 2.99. The van der Waals surface area contributed by atoms with Gasteiger partial charge >= 0.3 is 6.18 Å². The van der Waals surface area contributed by atoms with E-state index in [9.17, 15) is 32.6 Å². The maximum atomic E-state index is 15.7. The van der Waals surface area contributed by atoms with Crippen molar-refractivity contribution in [1.82, 2.24) is 15.3 Å². The minimum atomic E-state index is -4.59. The summed E-state index contributed by atoms with van der Waals surface area (Å²) < 4.78 is 74.9.